The molecule has 1 saturated heterocycles. The van der Waals surface area contributed by atoms with E-state index >= 15 is 0 Å². The maximum absolute atomic E-state index is 12.9. The zero-order valence-corrected chi connectivity index (χ0v) is 14.8. The number of fused-ring (bicyclic) bond motifs is 1. The van der Waals surface area contributed by atoms with E-state index in [1.165, 1.54) is 38.5 Å². The van der Waals surface area contributed by atoms with Crippen LogP contribution in [0.2, 0.25) is 0 Å². The molecule has 1 aromatic rings. The molecule has 25 heavy (non-hydrogen) atoms. The summed E-state index contributed by atoms with van der Waals surface area (Å²) in [6, 6.07) is 6.05. The van der Waals surface area contributed by atoms with E-state index in [1.54, 1.807) is 0 Å². The molecular weight excluding hydrogens is 316 g/mol. The van der Waals surface area contributed by atoms with Gasteiger partial charge in [0.15, 0.2) is 11.5 Å². The molecule has 0 spiro atoms. The molecule has 5 heteroatoms. The summed E-state index contributed by atoms with van der Waals surface area (Å²) in [6.45, 7) is 1.93. The third-order valence-corrected chi connectivity index (χ3v) is 5.78. The van der Waals surface area contributed by atoms with E-state index in [0.717, 1.165) is 25.3 Å². The number of urea groups is 1. The van der Waals surface area contributed by atoms with Crippen LogP contribution in [0.5, 0.6) is 11.5 Å². The van der Waals surface area contributed by atoms with E-state index in [2.05, 4.69) is 5.32 Å². The smallest absolute Gasteiger partial charge is 0.322 e. The molecule has 2 aliphatic heterocycles. The summed E-state index contributed by atoms with van der Waals surface area (Å²) in [5.74, 6) is 2.17. The standard InChI is InChI=1S/C20H28N2O3/c23-20(21-17-9-4-10-18-19(17)25-13-12-24-18)22-11-5-8-16(22)14-15-6-2-1-3-7-15/h4,9-10,15-16H,1-3,5-8,11-14H2,(H,21,23)/t16-/m1/s1. The molecule has 0 unspecified atom stereocenters. The predicted molar refractivity (Wildman–Crippen MR) is 97.4 cm³/mol. The second-order valence-electron chi connectivity index (χ2n) is 7.49. The second-order valence-corrected chi connectivity index (χ2v) is 7.49. The highest BCUT2D eigenvalue weighted by Gasteiger charge is 2.31. The molecule has 1 N–H and O–H groups in total. The van der Waals surface area contributed by atoms with Gasteiger partial charge in [-0.05, 0) is 37.3 Å². The first-order valence-corrected chi connectivity index (χ1v) is 9.77. The van der Waals surface area contributed by atoms with Crippen LogP contribution in [-0.2, 0) is 0 Å². The number of rotatable bonds is 3. The van der Waals surface area contributed by atoms with Gasteiger partial charge in [0.1, 0.15) is 13.2 Å². The lowest BCUT2D eigenvalue weighted by Crippen LogP contribution is -2.40. The minimum Gasteiger partial charge on any atom is -0.486 e. The maximum atomic E-state index is 12.9. The number of nitrogens with one attached hydrogen (secondary N) is 1. The zero-order valence-electron chi connectivity index (χ0n) is 14.8. The Morgan fingerprint density at radius 3 is 2.80 bits per heavy atom. The van der Waals surface area contributed by atoms with Crippen LogP contribution in [0.1, 0.15) is 51.4 Å². The largest absolute Gasteiger partial charge is 0.486 e. The third-order valence-electron chi connectivity index (χ3n) is 5.78. The summed E-state index contributed by atoms with van der Waals surface area (Å²) in [7, 11) is 0. The summed E-state index contributed by atoms with van der Waals surface area (Å²) in [6.07, 6.45) is 10.2. The van der Waals surface area contributed by atoms with Crippen LogP contribution in [0, 0.1) is 5.92 Å². The van der Waals surface area contributed by atoms with Crippen molar-refractivity contribution in [3.63, 3.8) is 0 Å². The van der Waals surface area contributed by atoms with Crippen molar-refractivity contribution in [3.05, 3.63) is 18.2 Å². The number of carbonyl (C=O) groups excluding carboxylic acids is 1. The molecule has 0 aromatic heterocycles. The SMILES string of the molecule is O=C(Nc1cccc2c1OCCO2)N1CCC[C@@H]1CC1CCCCC1. The fraction of sp³-hybridized carbons (Fsp3) is 0.650. The number of hydrogen-bond donors (Lipinski definition) is 1. The van der Waals surface area contributed by atoms with Gasteiger partial charge < -0.3 is 19.7 Å². The average Bonchev–Trinajstić information content (AvgIpc) is 3.11. The number of ether oxygens (including phenoxy) is 2. The molecule has 2 heterocycles. The van der Waals surface area contributed by atoms with E-state index in [0.29, 0.717) is 36.4 Å². The third kappa shape index (κ3) is 3.70. The Balaban J connectivity index is 1.41. The number of para-hydroxylation sites is 1. The monoisotopic (exact) mass is 344 g/mol. The van der Waals surface area contributed by atoms with Gasteiger partial charge in [0.2, 0.25) is 0 Å². The lowest BCUT2D eigenvalue weighted by molar-refractivity contribution is 0.172. The van der Waals surface area contributed by atoms with Gasteiger partial charge in [0.25, 0.3) is 0 Å². The van der Waals surface area contributed by atoms with Crippen molar-refractivity contribution >= 4 is 11.7 Å². The van der Waals surface area contributed by atoms with Crippen LogP contribution in [-0.4, -0.2) is 36.7 Å². The highest BCUT2D eigenvalue weighted by Crippen LogP contribution is 2.38. The number of hydrogen-bond acceptors (Lipinski definition) is 3. The van der Waals surface area contributed by atoms with Crippen LogP contribution in [0.3, 0.4) is 0 Å². The zero-order chi connectivity index (χ0) is 17.1. The van der Waals surface area contributed by atoms with Crippen molar-refractivity contribution in [1.82, 2.24) is 4.90 Å². The van der Waals surface area contributed by atoms with Crippen molar-refractivity contribution in [2.75, 3.05) is 25.1 Å². The molecule has 0 radical (unpaired) electrons. The van der Waals surface area contributed by atoms with E-state index < -0.39 is 0 Å². The number of benzene rings is 1. The minimum absolute atomic E-state index is 0.000818. The first kappa shape index (κ1) is 16.6. The Morgan fingerprint density at radius 1 is 1.08 bits per heavy atom. The number of nitrogens with zero attached hydrogens (tertiary/aromatic N) is 1. The quantitative estimate of drug-likeness (QED) is 0.883. The highest BCUT2D eigenvalue weighted by atomic mass is 16.6. The summed E-state index contributed by atoms with van der Waals surface area (Å²) in [5, 5.41) is 3.06. The summed E-state index contributed by atoms with van der Waals surface area (Å²) >= 11 is 0. The highest BCUT2D eigenvalue weighted by molar-refractivity contribution is 5.92. The molecule has 1 atom stereocenters. The number of carbonyl (C=O) groups is 1. The first-order valence-electron chi connectivity index (χ1n) is 9.77. The van der Waals surface area contributed by atoms with E-state index in [4.69, 9.17) is 9.47 Å². The van der Waals surface area contributed by atoms with Gasteiger partial charge in [-0.15, -0.1) is 0 Å². The second kappa shape index (κ2) is 7.54. The molecule has 136 valence electrons. The molecule has 4 rings (SSSR count). The Morgan fingerprint density at radius 2 is 1.92 bits per heavy atom. The lowest BCUT2D eigenvalue weighted by Gasteiger charge is -2.30. The Labute approximate surface area is 149 Å². The Bertz CT molecular complexity index is 613. The fourth-order valence-electron chi connectivity index (χ4n) is 4.51. The van der Waals surface area contributed by atoms with Gasteiger partial charge in [-0.2, -0.15) is 0 Å². The minimum atomic E-state index is 0.000818. The molecule has 2 amide bonds. The van der Waals surface area contributed by atoms with Crippen molar-refractivity contribution in [3.8, 4) is 11.5 Å². The Hall–Kier alpha value is -1.91. The predicted octanol–water partition coefficient (Wildman–Crippen LogP) is 4.42. The molecule has 1 saturated carbocycles. The number of likely N-dealkylation sites (tertiary alicyclic amines) is 1. The van der Waals surface area contributed by atoms with Crippen LogP contribution < -0.4 is 14.8 Å². The molecule has 5 nitrogen and oxygen atoms in total. The van der Waals surface area contributed by atoms with Gasteiger partial charge >= 0.3 is 6.03 Å². The van der Waals surface area contributed by atoms with E-state index in [9.17, 15) is 4.79 Å². The normalized spacial score (nSPS) is 23.5. The first-order chi connectivity index (χ1) is 12.3. The fourth-order valence-corrected chi connectivity index (χ4v) is 4.51. The average molecular weight is 344 g/mol. The number of anilines is 1. The van der Waals surface area contributed by atoms with Crippen molar-refractivity contribution < 1.29 is 14.3 Å². The van der Waals surface area contributed by atoms with Crippen LogP contribution in [0.4, 0.5) is 10.5 Å². The van der Waals surface area contributed by atoms with Gasteiger partial charge in [0.05, 0.1) is 5.69 Å². The van der Waals surface area contributed by atoms with Gasteiger partial charge in [-0.1, -0.05) is 38.2 Å². The van der Waals surface area contributed by atoms with Crippen LogP contribution in [0.25, 0.3) is 0 Å². The maximum Gasteiger partial charge on any atom is 0.322 e. The molecule has 0 bridgehead atoms. The van der Waals surface area contributed by atoms with Gasteiger partial charge in [-0.3, -0.25) is 0 Å². The van der Waals surface area contributed by atoms with Gasteiger partial charge in [0, 0.05) is 12.6 Å². The topological polar surface area (TPSA) is 50.8 Å². The molecule has 3 aliphatic rings. The van der Waals surface area contributed by atoms with Crippen molar-refractivity contribution in [2.24, 2.45) is 5.92 Å². The van der Waals surface area contributed by atoms with Crippen LogP contribution >= 0.6 is 0 Å². The van der Waals surface area contributed by atoms with Crippen molar-refractivity contribution in [2.45, 2.75) is 57.4 Å². The molecule has 2 fully saturated rings. The van der Waals surface area contributed by atoms with E-state index in [-0.39, 0.29) is 6.03 Å². The molecular formula is C20H28N2O3. The van der Waals surface area contributed by atoms with E-state index in [1.807, 2.05) is 23.1 Å². The van der Waals surface area contributed by atoms with Crippen molar-refractivity contribution in [1.29, 1.82) is 0 Å². The van der Waals surface area contributed by atoms with Gasteiger partial charge in [-0.25, -0.2) is 4.79 Å². The number of amides is 2. The molecule has 1 aliphatic carbocycles. The summed E-state index contributed by atoms with van der Waals surface area (Å²) in [4.78, 5) is 14.9. The Kier molecular flexibility index (Phi) is 4.99. The summed E-state index contributed by atoms with van der Waals surface area (Å²) < 4.78 is 11.3. The summed E-state index contributed by atoms with van der Waals surface area (Å²) in [5.41, 5.74) is 0.713. The lowest BCUT2D eigenvalue weighted by atomic mass is 9.84. The molecule has 1 aromatic carbocycles. The van der Waals surface area contributed by atoms with Crippen LogP contribution in [0.15, 0.2) is 18.2 Å².